The van der Waals surface area contributed by atoms with Crippen LogP contribution in [0.4, 0.5) is 0 Å². The quantitative estimate of drug-likeness (QED) is 0.868. The summed E-state index contributed by atoms with van der Waals surface area (Å²) in [5.74, 6) is 1.34. The lowest BCUT2D eigenvalue weighted by atomic mass is 10.1. The summed E-state index contributed by atoms with van der Waals surface area (Å²) in [5, 5.41) is 7.90. The van der Waals surface area contributed by atoms with E-state index in [9.17, 15) is 0 Å². The molecule has 0 spiro atoms. The van der Waals surface area contributed by atoms with Crippen LogP contribution >= 0.6 is 27.5 Å². The van der Waals surface area contributed by atoms with E-state index in [4.69, 9.17) is 16.1 Å². The Bertz CT molecular complexity index is 554. The van der Waals surface area contributed by atoms with E-state index in [2.05, 4.69) is 40.3 Å². The number of hydrogen-bond acceptors (Lipinski definition) is 3. The first-order valence-corrected chi connectivity index (χ1v) is 7.34. The number of nitrogens with one attached hydrogen (secondary N) is 1. The van der Waals surface area contributed by atoms with Crippen LogP contribution < -0.4 is 5.32 Å². The van der Waals surface area contributed by atoms with Crippen molar-refractivity contribution >= 4 is 27.5 Å². The van der Waals surface area contributed by atoms with Crippen LogP contribution in [0.25, 0.3) is 11.3 Å². The number of hydrogen-bond donors (Lipinski definition) is 1. The highest BCUT2D eigenvalue weighted by Gasteiger charge is 2.14. The second-order valence-electron chi connectivity index (χ2n) is 4.83. The topological polar surface area (TPSA) is 38.1 Å². The van der Waals surface area contributed by atoms with Crippen molar-refractivity contribution in [3.8, 4) is 11.3 Å². The molecule has 19 heavy (non-hydrogen) atoms. The van der Waals surface area contributed by atoms with Crippen molar-refractivity contribution in [1.82, 2.24) is 10.5 Å². The van der Waals surface area contributed by atoms with Gasteiger partial charge in [-0.05, 0) is 30.7 Å². The Morgan fingerprint density at radius 3 is 2.89 bits per heavy atom. The molecule has 1 aromatic heterocycles. The van der Waals surface area contributed by atoms with Crippen LogP contribution in [-0.2, 0) is 6.54 Å². The molecule has 0 bridgehead atoms. The smallest absolute Gasteiger partial charge is 0.172 e. The lowest BCUT2D eigenvalue weighted by molar-refractivity contribution is 0.431. The summed E-state index contributed by atoms with van der Waals surface area (Å²) in [6.07, 6.45) is 1.74. The summed E-state index contributed by atoms with van der Waals surface area (Å²) < 4.78 is 6.28. The third kappa shape index (κ3) is 3.81. The van der Waals surface area contributed by atoms with Gasteiger partial charge in [0.2, 0.25) is 0 Å². The van der Waals surface area contributed by atoms with Crippen LogP contribution in [0.15, 0.2) is 33.4 Å². The fourth-order valence-corrected chi connectivity index (χ4v) is 2.54. The van der Waals surface area contributed by atoms with Crippen LogP contribution in [0, 0.1) is 5.92 Å². The van der Waals surface area contributed by atoms with Crippen molar-refractivity contribution in [2.75, 3.05) is 6.54 Å². The lowest BCUT2D eigenvalue weighted by Gasteiger charge is -2.07. The first kappa shape index (κ1) is 14.6. The molecule has 0 unspecified atom stereocenters. The van der Waals surface area contributed by atoms with Gasteiger partial charge < -0.3 is 9.84 Å². The van der Waals surface area contributed by atoms with E-state index >= 15 is 0 Å². The van der Waals surface area contributed by atoms with Crippen LogP contribution in [0.3, 0.4) is 0 Å². The van der Waals surface area contributed by atoms with E-state index in [0.29, 0.717) is 10.9 Å². The third-order valence-corrected chi connectivity index (χ3v) is 3.49. The molecule has 0 fully saturated rings. The maximum atomic E-state index is 6.24. The summed E-state index contributed by atoms with van der Waals surface area (Å²) in [5.41, 5.74) is 1.88. The predicted molar refractivity (Wildman–Crippen MR) is 81.2 cm³/mol. The molecule has 0 saturated heterocycles. The molecular formula is C14H16BrClN2O. The summed E-state index contributed by atoms with van der Waals surface area (Å²) in [4.78, 5) is 0. The number of halogens is 2. The van der Waals surface area contributed by atoms with E-state index in [-0.39, 0.29) is 0 Å². The Hall–Kier alpha value is -0.840. The van der Waals surface area contributed by atoms with Crippen LogP contribution in [0.5, 0.6) is 0 Å². The van der Waals surface area contributed by atoms with E-state index in [0.717, 1.165) is 34.4 Å². The minimum Gasteiger partial charge on any atom is -0.356 e. The fraction of sp³-hybridized carbons (Fsp3) is 0.357. The maximum absolute atomic E-state index is 6.24. The van der Waals surface area contributed by atoms with Gasteiger partial charge in [-0.2, -0.15) is 0 Å². The molecule has 102 valence electrons. The zero-order valence-electron chi connectivity index (χ0n) is 10.9. The van der Waals surface area contributed by atoms with Crippen LogP contribution in [-0.4, -0.2) is 11.7 Å². The van der Waals surface area contributed by atoms with E-state index in [1.165, 1.54) is 0 Å². The minimum atomic E-state index is 0.611. The summed E-state index contributed by atoms with van der Waals surface area (Å²) in [6.45, 7) is 6.03. The normalized spacial score (nSPS) is 11.2. The van der Waals surface area contributed by atoms with Gasteiger partial charge in [0, 0.05) is 22.1 Å². The molecule has 0 radical (unpaired) electrons. The third-order valence-electron chi connectivity index (χ3n) is 2.69. The minimum absolute atomic E-state index is 0.611. The Kier molecular flexibility index (Phi) is 5.02. The zero-order chi connectivity index (χ0) is 13.8. The molecule has 0 aliphatic heterocycles. The number of rotatable bonds is 5. The van der Waals surface area contributed by atoms with Crippen LogP contribution in [0.2, 0.25) is 5.02 Å². The second kappa shape index (κ2) is 6.55. The van der Waals surface area contributed by atoms with Gasteiger partial charge in [-0.25, -0.2) is 0 Å². The Morgan fingerprint density at radius 1 is 1.42 bits per heavy atom. The number of nitrogens with zero attached hydrogens (tertiary/aromatic N) is 1. The summed E-state index contributed by atoms with van der Waals surface area (Å²) in [6, 6.07) is 5.72. The standard InChI is InChI=1S/C14H16BrClN2O/c1-9(2)6-17-7-10-8-18-19-14(10)12-4-3-11(15)5-13(12)16/h3-5,8-9,17H,6-7H2,1-2H3. The van der Waals surface area contributed by atoms with Gasteiger partial charge in [0.1, 0.15) is 0 Å². The van der Waals surface area contributed by atoms with Crippen LogP contribution in [0.1, 0.15) is 19.4 Å². The predicted octanol–water partition coefficient (Wildman–Crippen LogP) is 4.50. The molecule has 1 heterocycles. The Labute approximate surface area is 126 Å². The van der Waals surface area contributed by atoms with Crippen molar-refractivity contribution in [2.45, 2.75) is 20.4 Å². The average molecular weight is 344 g/mol. The lowest BCUT2D eigenvalue weighted by Crippen LogP contribution is -2.18. The van der Waals surface area contributed by atoms with E-state index < -0.39 is 0 Å². The molecule has 0 atom stereocenters. The average Bonchev–Trinajstić information content (AvgIpc) is 2.77. The van der Waals surface area contributed by atoms with Crippen molar-refractivity contribution in [1.29, 1.82) is 0 Å². The molecule has 0 saturated carbocycles. The van der Waals surface area contributed by atoms with Gasteiger partial charge in [0.05, 0.1) is 11.2 Å². The van der Waals surface area contributed by atoms with Gasteiger partial charge in [-0.1, -0.05) is 46.5 Å². The molecule has 1 N–H and O–H groups in total. The molecule has 2 aromatic rings. The molecular weight excluding hydrogens is 328 g/mol. The molecule has 3 nitrogen and oxygen atoms in total. The monoisotopic (exact) mass is 342 g/mol. The highest BCUT2D eigenvalue weighted by molar-refractivity contribution is 9.10. The number of benzene rings is 1. The highest BCUT2D eigenvalue weighted by Crippen LogP contribution is 2.32. The summed E-state index contributed by atoms with van der Waals surface area (Å²) in [7, 11) is 0. The molecule has 0 aliphatic rings. The van der Waals surface area contributed by atoms with Gasteiger partial charge in [0.15, 0.2) is 5.76 Å². The molecule has 0 amide bonds. The largest absolute Gasteiger partial charge is 0.356 e. The van der Waals surface area contributed by atoms with Crippen molar-refractivity contribution in [2.24, 2.45) is 5.92 Å². The van der Waals surface area contributed by atoms with E-state index in [1.54, 1.807) is 6.20 Å². The summed E-state index contributed by atoms with van der Waals surface area (Å²) >= 11 is 9.63. The second-order valence-corrected chi connectivity index (χ2v) is 6.15. The highest BCUT2D eigenvalue weighted by atomic mass is 79.9. The number of aromatic nitrogens is 1. The van der Waals surface area contributed by atoms with Gasteiger partial charge >= 0.3 is 0 Å². The Morgan fingerprint density at radius 2 is 2.21 bits per heavy atom. The van der Waals surface area contributed by atoms with Gasteiger partial charge in [0.25, 0.3) is 0 Å². The Balaban J connectivity index is 2.19. The molecule has 5 heteroatoms. The zero-order valence-corrected chi connectivity index (χ0v) is 13.3. The van der Waals surface area contributed by atoms with E-state index in [1.807, 2.05) is 18.2 Å². The van der Waals surface area contributed by atoms with Crippen molar-refractivity contribution in [3.05, 3.63) is 39.5 Å². The molecule has 0 aliphatic carbocycles. The molecule has 1 aromatic carbocycles. The van der Waals surface area contributed by atoms with Crippen molar-refractivity contribution in [3.63, 3.8) is 0 Å². The first-order valence-electron chi connectivity index (χ1n) is 6.17. The van der Waals surface area contributed by atoms with Crippen molar-refractivity contribution < 1.29 is 4.52 Å². The van der Waals surface area contributed by atoms with Gasteiger partial charge in [-0.3, -0.25) is 0 Å². The first-order chi connectivity index (χ1) is 9.08. The molecule has 2 rings (SSSR count). The fourth-order valence-electron chi connectivity index (χ4n) is 1.78. The van der Waals surface area contributed by atoms with Gasteiger partial charge in [-0.15, -0.1) is 0 Å². The SMILES string of the molecule is CC(C)CNCc1cnoc1-c1ccc(Br)cc1Cl. The maximum Gasteiger partial charge on any atom is 0.172 e.